The molecule has 0 aliphatic rings. The predicted octanol–water partition coefficient (Wildman–Crippen LogP) is 2.62. The zero-order valence-electron chi connectivity index (χ0n) is 11.7. The molecule has 1 heterocycles. The van der Waals surface area contributed by atoms with Gasteiger partial charge in [0.1, 0.15) is 5.03 Å². The molecule has 5 nitrogen and oxygen atoms in total. The summed E-state index contributed by atoms with van der Waals surface area (Å²) in [5, 5.41) is 0.736. The van der Waals surface area contributed by atoms with Crippen molar-refractivity contribution in [3.05, 3.63) is 36.4 Å². The van der Waals surface area contributed by atoms with E-state index in [9.17, 15) is 8.42 Å². The monoisotopic (exact) mass is 324 g/mol. The number of aromatic nitrogens is 1. The van der Waals surface area contributed by atoms with Gasteiger partial charge in [-0.2, -0.15) is 0 Å². The molecule has 0 bridgehead atoms. The van der Waals surface area contributed by atoms with Gasteiger partial charge in [-0.15, -0.1) is 0 Å². The molecule has 0 amide bonds. The topological polar surface area (TPSA) is 82.3 Å². The minimum Gasteiger partial charge on any atom is -0.476 e. The number of nitrogens with zero attached hydrogens (tertiary/aromatic N) is 1. The lowest BCUT2D eigenvalue weighted by Crippen LogP contribution is -1.99. The van der Waals surface area contributed by atoms with E-state index in [1.165, 1.54) is 18.0 Å². The molecular formula is C14H16N2O3S2. The zero-order chi connectivity index (χ0) is 15.5. The molecule has 0 saturated heterocycles. The van der Waals surface area contributed by atoms with Gasteiger partial charge in [-0.1, -0.05) is 11.8 Å². The van der Waals surface area contributed by atoms with Crippen LogP contribution in [0.25, 0.3) is 0 Å². The van der Waals surface area contributed by atoms with Crippen LogP contribution in [0.2, 0.25) is 0 Å². The van der Waals surface area contributed by atoms with Gasteiger partial charge in [0.15, 0.2) is 9.84 Å². The normalized spacial score (nSPS) is 11.3. The van der Waals surface area contributed by atoms with E-state index < -0.39 is 9.84 Å². The number of anilines is 1. The summed E-state index contributed by atoms with van der Waals surface area (Å²) in [5.41, 5.74) is 6.27. The molecule has 1 aromatic heterocycles. The molecule has 2 N–H and O–H groups in total. The average Bonchev–Trinajstić information content (AvgIpc) is 2.42. The number of benzene rings is 1. The van der Waals surface area contributed by atoms with Gasteiger partial charge < -0.3 is 10.5 Å². The van der Waals surface area contributed by atoms with E-state index in [0.29, 0.717) is 23.1 Å². The highest BCUT2D eigenvalue weighted by atomic mass is 32.2. The lowest BCUT2D eigenvalue weighted by Gasteiger charge is -2.08. The molecule has 0 saturated carbocycles. The first-order valence-corrected chi connectivity index (χ1v) is 8.98. The number of pyridine rings is 1. The SMILES string of the molecule is CCOc1nc(Sc2ccc(S(C)(=O)=O)cc2)ccc1N. The van der Waals surface area contributed by atoms with Crippen molar-refractivity contribution in [2.75, 3.05) is 18.6 Å². The fraction of sp³-hybridized carbons (Fsp3) is 0.214. The van der Waals surface area contributed by atoms with Crippen LogP contribution in [0.4, 0.5) is 5.69 Å². The number of rotatable bonds is 5. The number of ether oxygens (including phenoxy) is 1. The summed E-state index contributed by atoms with van der Waals surface area (Å²) in [5.74, 6) is 0.412. The minimum absolute atomic E-state index is 0.298. The first-order chi connectivity index (χ1) is 9.90. The Balaban J connectivity index is 2.20. The van der Waals surface area contributed by atoms with Gasteiger partial charge in [-0.25, -0.2) is 13.4 Å². The van der Waals surface area contributed by atoms with Crippen LogP contribution in [0, 0.1) is 0 Å². The molecule has 2 aromatic rings. The molecule has 0 aliphatic carbocycles. The summed E-state index contributed by atoms with van der Waals surface area (Å²) >= 11 is 1.41. The molecule has 7 heteroatoms. The average molecular weight is 324 g/mol. The van der Waals surface area contributed by atoms with Gasteiger partial charge in [0.25, 0.3) is 0 Å². The maximum atomic E-state index is 11.4. The third kappa shape index (κ3) is 4.12. The number of nitrogens with two attached hydrogens (primary N) is 1. The summed E-state index contributed by atoms with van der Waals surface area (Å²) in [6.45, 7) is 2.36. The Labute approximate surface area is 128 Å². The molecule has 0 radical (unpaired) electrons. The quantitative estimate of drug-likeness (QED) is 0.910. The molecule has 0 fully saturated rings. The van der Waals surface area contributed by atoms with Gasteiger partial charge in [-0.3, -0.25) is 0 Å². The molecule has 0 atom stereocenters. The predicted molar refractivity (Wildman–Crippen MR) is 83.5 cm³/mol. The summed E-state index contributed by atoms with van der Waals surface area (Å²) in [7, 11) is -3.17. The molecule has 1 aromatic carbocycles. The molecule has 0 spiro atoms. The zero-order valence-corrected chi connectivity index (χ0v) is 13.4. The number of sulfone groups is 1. The standard InChI is InChI=1S/C14H16N2O3S2/c1-3-19-14-12(15)8-9-13(16-14)20-10-4-6-11(7-5-10)21(2,17)18/h4-9H,3,15H2,1-2H3. The van der Waals surface area contributed by atoms with Crippen molar-refractivity contribution in [1.82, 2.24) is 4.98 Å². The minimum atomic E-state index is -3.17. The molecule has 0 unspecified atom stereocenters. The highest BCUT2D eigenvalue weighted by Gasteiger charge is 2.08. The van der Waals surface area contributed by atoms with Gasteiger partial charge >= 0.3 is 0 Å². The Morgan fingerprint density at radius 2 is 1.86 bits per heavy atom. The van der Waals surface area contributed by atoms with E-state index in [2.05, 4.69) is 4.98 Å². The first kappa shape index (κ1) is 15.7. The Hall–Kier alpha value is -1.73. The summed E-state index contributed by atoms with van der Waals surface area (Å²) in [6, 6.07) is 10.2. The van der Waals surface area contributed by atoms with Crippen LogP contribution in [0.15, 0.2) is 51.2 Å². The number of hydrogen-bond acceptors (Lipinski definition) is 6. The number of hydrogen-bond donors (Lipinski definition) is 1. The molecule has 0 aliphatic heterocycles. The lowest BCUT2D eigenvalue weighted by molar-refractivity contribution is 0.326. The molecule has 21 heavy (non-hydrogen) atoms. The van der Waals surface area contributed by atoms with E-state index in [0.717, 1.165) is 9.92 Å². The van der Waals surface area contributed by atoms with E-state index >= 15 is 0 Å². The summed E-state index contributed by atoms with van der Waals surface area (Å²) < 4.78 is 28.2. The van der Waals surface area contributed by atoms with Crippen molar-refractivity contribution < 1.29 is 13.2 Å². The van der Waals surface area contributed by atoms with E-state index in [1.54, 1.807) is 36.4 Å². The highest BCUT2D eigenvalue weighted by molar-refractivity contribution is 7.99. The smallest absolute Gasteiger partial charge is 0.238 e. The molecule has 112 valence electrons. The van der Waals surface area contributed by atoms with Crippen molar-refractivity contribution in [2.24, 2.45) is 0 Å². The Bertz CT molecular complexity index is 728. The Morgan fingerprint density at radius 1 is 1.19 bits per heavy atom. The van der Waals surface area contributed by atoms with Gasteiger partial charge in [0.05, 0.1) is 17.2 Å². The van der Waals surface area contributed by atoms with Crippen LogP contribution >= 0.6 is 11.8 Å². The number of nitrogen functional groups attached to an aromatic ring is 1. The van der Waals surface area contributed by atoms with Crippen molar-refractivity contribution in [2.45, 2.75) is 21.7 Å². The second-order valence-electron chi connectivity index (χ2n) is 4.32. The molecular weight excluding hydrogens is 308 g/mol. The van der Waals surface area contributed by atoms with Gasteiger partial charge in [-0.05, 0) is 43.3 Å². The van der Waals surface area contributed by atoms with Crippen LogP contribution in [-0.2, 0) is 9.84 Å². The van der Waals surface area contributed by atoms with Crippen molar-refractivity contribution in [3.63, 3.8) is 0 Å². The van der Waals surface area contributed by atoms with Crippen molar-refractivity contribution in [3.8, 4) is 5.88 Å². The summed E-state index contributed by atoms with van der Waals surface area (Å²) in [4.78, 5) is 5.52. The van der Waals surface area contributed by atoms with Gasteiger partial charge in [0.2, 0.25) is 5.88 Å². The van der Waals surface area contributed by atoms with Gasteiger partial charge in [0, 0.05) is 11.2 Å². The first-order valence-electron chi connectivity index (χ1n) is 6.27. The van der Waals surface area contributed by atoms with Crippen LogP contribution in [-0.4, -0.2) is 26.3 Å². The van der Waals surface area contributed by atoms with E-state index in [4.69, 9.17) is 10.5 Å². The van der Waals surface area contributed by atoms with E-state index in [-0.39, 0.29) is 0 Å². The summed E-state index contributed by atoms with van der Waals surface area (Å²) in [6.07, 6.45) is 1.19. The maximum absolute atomic E-state index is 11.4. The molecule has 2 rings (SSSR count). The lowest BCUT2D eigenvalue weighted by atomic mass is 10.4. The van der Waals surface area contributed by atoms with Crippen LogP contribution in [0.5, 0.6) is 5.88 Å². The highest BCUT2D eigenvalue weighted by Crippen LogP contribution is 2.30. The fourth-order valence-corrected chi connectivity index (χ4v) is 3.03. The van der Waals surface area contributed by atoms with E-state index in [1.807, 2.05) is 6.92 Å². The van der Waals surface area contributed by atoms with Crippen LogP contribution in [0.3, 0.4) is 0 Å². The van der Waals surface area contributed by atoms with Crippen LogP contribution in [0.1, 0.15) is 6.92 Å². The third-order valence-electron chi connectivity index (χ3n) is 2.62. The largest absolute Gasteiger partial charge is 0.476 e. The van der Waals surface area contributed by atoms with Crippen molar-refractivity contribution >= 4 is 27.3 Å². The second kappa shape index (κ2) is 6.36. The maximum Gasteiger partial charge on any atom is 0.238 e. The Morgan fingerprint density at radius 3 is 2.43 bits per heavy atom. The second-order valence-corrected chi connectivity index (χ2v) is 7.43. The Kier molecular flexibility index (Phi) is 4.74. The van der Waals surface area contributed by atoms with Crippen LogP contribution < -0.4 is 10.5 Å². The fourth-order valence-electron chi connectivity index (χ4n) is 1.62. The van der Waals surface area contributed by atoms with Crippen molar-refractivity contribution in [1.29, 1.82) is 0 Å². The third-order valence-corrected chi connectivity index (χ3v) is 4.69.